The predicted octanol–water partition coefficient (Wildman–Crippen LogP) is 3.46. The van der Waals surface area contributed by atoms with Crippen LogP contribution in [0.25, 0.3) is 11.2 Å². The topological polar surface area (TPSA) is 81.5 Å². The normalized spacial score (nSPS) is 14.9. The van der Waals surface area contributed by atoms with Crippen LogP contribution in [0.15, 0.2) is 42.6 Å². The highest BCUT2D eigenvalue weighted by Crippen LogP contribution is 2.28. The molecule has 3 heterocycles. The molecule has 0 atom stereocenters. The number of hydrogen-bond donors (Lipinski definition) is 1. The lowest BCUT2D eigenvalue weighted by Crippen LogP contribution is -2.41. The number of nitrogens with zero attached hydrogens (tertiary/aromatic N) is 4. The average Bonchev–Trinajstić information content (AvgIpc) is 3.12. The van der Waals surface area contributed by atoms with E-state index in [1.54, 1.807) is 20.4 Å². The average molecular weight is 395 g/mol. The number of piperidine rings is 1. The zero-order valence-electron chi connectivity index (χ0n) is 16.7. The maximum absolute atomic E-state index is 12.6. The van der Waals surface area contributed by atoms with Gasteiger partial charge >= 0.3 is 6.03 Å². The Kier molecular flexibility index (Phi) is 5.62. The lowest BCUT2D eigenvalue weighted by atomic mass is 10.0. The van der Waals surface area contributed by atoms with Gasteiger partial charge in [0.25, 0.3) is 0 Å². The Bertz CT molecular complexity index is 978. The van der Waals surface area contributed by atoms with E-state index in [-0.39, 0.29) is 12.1 Å². The SMILES string of the molecule is COCc1nc2cccnc2n1C1CCN(C(=O)Nc2ccc(OC)cc2)CC1. The highest BCUT2D eigenvalue weighted by Gasteiger charge is 2.27. The standard InChI is InChI=1S/C21H25N5O3/c1-28-14-19-24-18-4-3-11-22-20(18)26(19)16-9-12-25(13-10-16)21(27)23-15-5-7-17(29-2)8-6-15/h3-8,11,16H,9-10,12-14H2,1-2H3,(H,23,27). The molecule has 3 aromatic rings. The lowest BCUT2D eigenvalue weighted by molar-refractivity contribution is 0.162. The molecule has 2 aromatic heterocycles. The maximum Gasteiger partial charge on any atom is 0.321 e. The monoisotopic (exact) mass is 395 g/mol. The number of nitrogens with one attached hydrogen (secondary N) is 1. The van der Waals surface area contributed by atoms with E-state index in [1.165, 1.54) is 0 Å². The second kappa shape index (κ2) is 8.48. The molecule has 0 aliphatic carbocycles. The molecule has 1 fully saturated rings. The molecule has 0 saturated carbocycles. The number of rotatable bonds is 5. The van der Waals surface area contributed by atoms with Crippen LogP contribution < -0.4 is 10.1 Å². The molecule has 152 valence electrons. The number of fused-ring (bicyclic) bond motifs is 1. The van der Waals surface area contributed by atoms with E-state index in [0.717, 1.165) is 41.3 Å². The fourth-order valence-corrected chi connectivity index (χ4v) is 3.80. The molecule has 0 bridgehead atoms. The van der Waals surface area contributed by atoms with E-state index >= 15 is 0 Å². The molecule has 2 amide bonds. The number of carbonyl (C=O) groups is 1. The minimum atomic E-state index is -0.0839. The molecule has 0 spiro atoms. The second-order valence-corrected chi connectivity index (χ2v) is 7.05. The van der Waals surface area contributed by atoms with Crippen LogP contribution in [0.4, 0.5) is 10.5 Å². The van der Waals surface area contributed by atoms with Crippen molar-refractivity contribution in [1.82, 2.24) is 19.4 Å². The van der Waals surface area contributed by atoms with Gasteiger partial charge in [0.05, 0.1) is 7.11 Å². The lowest BCUT2D eigenvalue weighted by Gasteiger charge is -2.33. The third-order valence-corrected chi connectivity index (χ3v) is 5.25. The van der Waals surface area contributed by atoms with Crippen molar-refractivity contribution < 1.29 is 14.3 Å². The molecule has 1 aliphatic heterocycles. The zero-order valence-corrected chi connectivity index (χ0v) is 16.7. The van der Waals surface area contributed by atoms with Crippen molar-refractivity contribution in [2.45, 2.75) is 25.5 Å². The van der Waals surface area contributed by atoms with Crippen molar-refractivity contribution in [1.29, 1.82) is 0 Å². The third kappa shape index (κ3) is 4.02. The van der Waals surface area contributed by atoms with E-state index in [4.69, 9.17) is 9.47 Å². The van der Waals surface area contributed by atoms with Gasteiger partial charge in [-0.2, -0.15) is 0 Å². The van der Waals surface area contributed by atoms with Crippen LogP contribution in [0.1, 0.15) is 24.7 Å². The van der Waals surface area contributed by atoms with Gasteiger partial charge in [0, 0.05) is 38.1 Å². The Morgan fingerprint density at radius 2 is 1.93 bits per heavy atom. The van der Waals surface area contributed by atoms with Crippen LogP contribution in [-0.2, 0) is 11.3 Å². The van der Waals surface area contributed by atoms with E-state index in [9.17, 15) is 4.79 Å². The molecular formula is C21H25N5O3. The van der Waals surface area contributed by atoms with Crippen LogP contribution in [0, 0.1) is 0 Å². The molecule has 8 heteroatoms. The summed E-state index contributed by atoms with van der Waals surface area (Å²) in [5, 5.41) is 2.95. The van der Waals surface area contributed by atoms with Crippen molar-refractivity contribution >= 4 is 22.9 Å². The van der Waals surface area contributed by atoms with Crippen LogP contribution >= 0.6 is 0 Å². The van der Waals surface area contributed by atoms with Crippen LogP contribution in [0.5, 0.6) is 5.75 Å². The highest BCUT2D eigenvalue weighted by molar-refractivity contribution is 5.89. The molecule has 1 aliphatic rings. The molecule has 29 heavy (non-hydrogen) atoms. The quantitative estimate of drug-likeness (QED) is 0.716. The number of ether oxygens (including phenoxy) is 2. The summed E-state index contributed by atoms with van der Waals surface area (Å²) < 4.78 is 12.7. The Labute approximate surface area is 169 Å². The first kappa shape index (κ1) is 19.2. The van der Waals surface area contributed by atoms with Crippen LogP contribution in [0.2, 0.25) is 0 Å². The smallest absolute Gasteiger partial charge is 0.321 e. The third-order valence-electron chi connectivity index (χ3n) is 5.25. The Balaban J connectivity index is 1.43. The van der Waals surface area contributed by atoms with Gasteiger partial charge in [-0.3, -0.25) is 0 Å². The van der Waals surface area contributed by atoms with Gasteiger partial charge in [-0.25, -0.2) is 14.8 Å². The van der Waals surface area contributed by atoms with Crippen molar-refractivity contribution in [3.8, 4) is 5.75 Å². The van der Waals surface area contributed by atoms with E-state index < -0.39 is 0 Å². The highest BCUT2D eigenvalue weighted by atomic mass is 16.5. The van der Waals surface area contributed by atoms with Crippen molar-refractivity contribution in [3.63, 3.8) is 0 Å². The number of pyridine rings is 1. The summed E-state index contributed by atoms with van der Waals surface area (Å²) in [6.07, 6.45) is 3.47. The number of amides is 2. The summed E-state index contributed by atoms with van der Waals surface area (Å²) in [5.74, 6) is 1.64. The number of hydrogen-bond acceptors (Lipinski definition) is 5. The first-order chi connectivity index (χ1) is 14.2. The molecule has 0 unspecified atom stereocenters. The number of benzene rings is 1. The molecule has 8 nitrogen and oxygen atoms in total. The van der Waals surface area contributed by atoms with E-state index in [0.29, 0.717) is 19.7 Å². The summed E-state index contributed by atoms with van der Waals surface area (Å²) in [7, 11) is 3.29. The van der Waals surface area contributed by atoms with E-state index in [2.05, 4.69) is 19.9 Å². The number of likely N-dealkylation sites (tertiary alicyclic amines) is 1. The number of aromatic nitrogens is 3. The summed E-state index contributed by atoms with van der Waals surface area (Å²) >= 11 is 0. The number of carbonyl (C=O) groups excluding carboxylic acids is 1. The van der Waals surface area contributed by atoms with Gasteiger partial charge in [-0.05, 0) is 49.2 Å². The molecular weight excluding hydrogens is 370 g/mol. The maximum atomic E-state index is 12.6. The largest absolute Gasteiger partial charge is 0.497 e. The van der Waals surface area contributed by atoms with Crippen molar-refractivity contribution in [3.05, 3.63) is 48.4 Å². The van der Waals surface area contributed by atoms with Gasteiger partial charge in [0.15, 0.2) is 5.65 Å². The number of anilines is 1. The van der Waals surface area contributed by atoms with Crippen molar-refractivity contribution in [2.24, 2.45) is 0 Å². The van der Waals surface area contributed by atoms with Gasteiger partial charge < -0.3 is 24.3 Å². The minimum Gasteiger partial charge on any atom is -0.497 e. The van der Waals surface area contributed by atoms with Gasteiger partial charge in [-0.15, -0.1) is 0 Å². The van der Waals surface area contributed by atoms with Gasteiger partial charge in [0.1, 0.15) is 23.7 Å². The molecule has 1 saturated heterocycles. The first-order valence-electron chi connectivity index (χ1n) is 9.70. The van der Waals surface area contributed by atoms with Gasteiger partial charge in [-0.1, -0.05) is 0 Å². The molecule has 1 N–H and O–H groups in total. The first-order valence-corrected chi connectivity index (χ1v) is 9.70. The molecule has 0 radical (unpaired) electrons. The Hall–Kier alpha value is -3.13. The number of methoxy groups -OCH3 is 2. The Morgan fingerprint density at radius 3 is 2.62 bits per heavy atom. The molecule has 1 aromatic carbocycles. The fourth-order valence-electron chi connectivity index (χ4n) is 3.80. The number of urea groups is 1. The molecule has 4 rings (SSSR count). The summed E-state index contributed by atoms with van der Waals surface area (Å²) in [4.78, 5) is 23.7. The summed E-state index contributed by atoms with van der Waals surface area (Å²) in [5.41, 5.74) is 2.50. The van der Waals surface area contributed by atoms with Gasteiger partial charge in [0.2, 0.25) is 0 Å². The summed E-state index contributed by atoms with van der Waals surface area (Å²) in [6.45, 7) is 1.78. The van der Waals surface area contributed by atoms with E-state index in [1.807, 2.05) is 41.3 Å². The fraction of sp³-hybridized carbons (Fsp3) is 0.381. The Morgan fingerprint density at radius 1 is 1.17 bits per heavy atom. The second-order valence-electron chi connectivity index (χ2n) is 7.05. The summed E-state index contributed by atoms with van der Waals surface area (Å²) in [6, 6.07) is 11.3. The minimum absolute atomic E-state index is 0.0839. The van der Waals surface area contributed by atoms with Crippen LogP contribution in [0.3, 0.4) is 0 Å². The van der Waals surface area contributed by atoms with Crippen molar-refractivity contribution in [2.75, 3.05) is 32.6 Å². The predicted molar refractivity (Wildman–Crippen MR) is 110 cm³/mol. The zero-order chi connectivity index (χ0) is 20.2. The number of imidazole rings is 1. The van der Waals surface area contributed by atoms with Crippen LogP contribution in [-0.4, -0.2) is 52.8 Å².